The van der Waals surface area contributed by atoms with Crippen LogP contribution in [0.15, 0.2) is 39.9 Å². The lowest BCUT2D eigenvalue weighted by atomic mass is 10.1. The number of hydrogen-bond donors (Lipinski definition) is 4. The van der Waals surface area contributed by atoms with Crippen LogP contribution in [0.3, 0.4) is 0 Å². The number of aromatic nitrogens is 3. The number of H-pyrrole nitrogens is 1. The third-order valence-electron chi connectivity index (χ3n) is 3.95. The summed E-state index contributed by atoms with van der Waals surface area (Å²) in [5, 5.41) is 30.2. The number of nitrogens with one attached hydrogen (secondary N) is 1. The molecule has 1 aromatic carbocycles. The van der Waals surface area contributed by atoms with E-state index in [1.165, 1.54) is 11.5 Å². The summed E-state index contributed by atoms with van der Waals surface area (Å²) in [5.41, 5.74) is -0.524. The Kier molecular flexibility index (Phi) is 4.18. The van der Waals surface area contributed by atoms with E-state index >= 15 is 0 Å². The van der Waals surface area contributed by atoms with Gasteiger partial charge in [-0.25, -0.2) is 4.79 Å². The second-order valence-electron chi connectivity index (χ2n) is 5.72. The standard InChI is InChI=1S/C16H17N3O5/c1-8(20)13(22)12(21)7-19-11-5-3-2-4-9(11)6-10-14(19)17-16(24)18-15(10)23/h2-6,8,12-13,20-22H,7H2,1H3,(H,18,23,24)/t8-,12+,13-/m1/s1. The topological polar surface area (TPSA) is 128 Å². The largest absolute Gasteiger partial charge is 0.391 e. The van der Waals surface area contributed by atoms with E-state index in [0.717, 1.165) is 5.39 Å². The molecule has 0 fully saturated rings. The molecule has 3 rings (SSSR count). The Morgan fingerprint density at radius 1 is 1.21 bits per heavy atom. The quantitative estimate of drug-likeness (QED) is 0.468. The second kappa shape index (κ2) is 6.16. The van der Waals surface area contributed by atoms with Crippen LogP contribution in [0.2, 0.25) is 0 Å². The molecular formula is C16H17N3O5. The number of pyridine rings is 1. The average Bonchev–Trinajstić information content (AvgIpc) is 2.54. The summed E-state index contributed by atoms with van der Waals surface area (Å²) in [6, 6.07) is 8.72. The molecule has 0 saturated heterocycles. The summed E-state index contributed by atoms with van der Waals surface area (Å²) >= 11 is 0. The molecule has 24 heavy (non-hydrogen) atoms. The lowest BCUT2D eigenvalue weighted by molar-refractivity contribution is -0.0569. The second-order valence-corrected chi connectivity index (χ2v) is 5.72. The monoisotopic (exact) mass is 331 g/mol. The van der Waals surface area contributed by atoms with Crippen molar-refractivity contribution in [3.63, 3.8) is 0 Å². The van der Waals surface area contributed by atoms with Gasteiger partial charge in [-0.15, -0.1) is 0 Å². The van der Waals surface area contributed by atoms with Gasteiger partial charge in [-0.3, -0.25) is 9.78 Å². The Balaban J connectivity index is 2.26. The maximum atomic E-state index is 12.1. The van der Waals surface area contributed by atoms with E-state index in [1.807, 2.05) is 0 Å². The fourth-order valence-corrected chi connectivity index (χ4v) is 2.71. The zero-order valence-corrected chi connectivity index (χ0v) is 12.9. The molecule has 2 heterocycles. The van der Waals surface area contributed by atoms with Crippen molar-refractivity contribution in [2.75, 3.05) is 0 Å². The number of fused-ring (bicyclic) bond motifs is 2. The molecular weight excluding hydrogens is 314 g/mol. The highest BCUT2D eigenvalue weighted by Crippen LogP contribution is 2.24. The maximum absolute atomic E-state index is 12.1. The number of aromatic amines is 1. The zero-order valence-electron chi connectivity index (χ0n) is 12.9. The third kappa shape index (κ3) is 2.82. The van der Waals surface area contributed by atoms with E-state index in [-0.39, 0.29) is 17.9 Å². The molecule has 0 amide bonds. The third-order valence-corrected chi connectivity index (χ3v) is 3.95. The summed E-state index contributed by atoms with van der Waals surface area (Å²) in [7, 11) is 0. The van der Waals surface area contributed by atoms with Crippen molar-refractivity contribution in [3.8, 4) is 11.4 Å². The number of aliphatic hydroxyl groups excluding tert-OH is 3. The number of nitrogens with zero attached hydrogens (tertiary/aromatic N) is 2. The van der Waals surface area contributed by atoms with E-state index < -0.39 is 29.6 Å². The van der Waals surface area contributed by atoms with Gasteiger partial charge < -0.3 is 19.9 Å². The molecule has 0 aliphatic carbocycles. The summed E-state index contributed by atoms with van der Waals surface area (Å²) < 4.78 is 1.50. The van der Waals surface area contributed by atoms with E-state index in [9.17, 15) is 24.9 Å². The van der Waals surface area contributed by atoms with Gasteiger partial charge in [0.15, 0.2) is 5.82 Å². The Hall–Kier alpha value is -2.55. The molecule has 8 heteroatoms. The van der Waals surface area contributed by atoms with Crippen molar-refractivity contribution in [2.24, 2.45) is 0 Å². The van der Waals surface area contributed by atoms with Crippen LogP contribution in [0.4, 0.5) is 0 Å². The SMILES string of the molecule is C[C@@H](O)[C@@H](O)[C@@H](O)Cn1c2nc(=O)[nH]c(=O)c-2cc2ccccc21. The first-order valence-electron chi connectivity index (χ1n) is 7.45. The number of rotatable bonds is 4. The fourth-order valence-electron chi connectivity index (χ4n) is 2.71. The molecule has 4 N–H and O–H groups in total. The minimum atomic E-state index is -1.37. The maximum Gasteiger partial charge on any atom is 0.349 e. The van der Waals surface area contributed by atoms with Gasteiger partial charge in [0, 0.05) is 5.52 Å². The Labute approximate surface area is 136 Å². The number of benzene rings is 1. The van der Waals surface area contributed by atoms with Crippen LogP contribution in [0, 0.1) is 0 Å². The molecule has 2 aliphatic rings. The Bertz CT molecular complexity index is 962. The zero-order chi connectivity index (χ0) is 17.4. The first kappa shape index (κ1) is 16.3. The van der Waals surface area contributed by atoms with Crippen LogP contribution in [0.25, 0.3) is 22.3 Å². The van der Waals surface area contributed by atoms with Crippen LogP contribution in [0.1, 0.15) is 6.92 Å². The molecule has 3 atom stereocenters. The molecule has 0 radical (unpaired) electrons. The molecule has 0 spiro atoms. The van der Waals surface area contributed by atoms with Crippen molar-refractivity contribution in [1.82, 2.24) is 14.5 Å². The molecule has 0 bridgehead atoms. The lowest BCUT2D eigenvalue weighted by Gasteiger charge is -2.24. The molecule has 0 saturated carbocycles. The van der Waals surface area contributed by atoms with Gasteiger partial charge >= 0.3 is 5.69 Å². The smallest absolute Gasteiger partial charge is 0.349 e. The summed E-state index contributed by atoms with van der Waals surface area (Å²) in [6.45, 7) is 1.22. The van der Waals surface area contributed by atoms with Crippen molar-refractivity contribution in [3.05, 3.63) is 51.2 Å². The first-order chi connectivity index (χ1) is 11.4. The Morgan fingerprint density at radius 2 is 1.92 bits per heavy atom. The van der Waals surface area contributed by atoms with E-state index in [4.69, 9.17) is 0 Å². The van der Waals surface area contributed by atoms with Gasteiger partial charge in [-0.05, 0) is 24.4 Å². The predicted octanol–water partition coefficient (Wildman–Crippen LogP) is -0.708. The van der Waals surface area contributed by atoms with Crippen LogP contribution < -0.4 is 11.2 Å². The van der Waals surface area contributed by atoms with Crippen LogP contribution in [-0.2, 0) is 6.54 Å². The van der Waals surface area contributed by atoms with Gasteiger partial charge in [-0.1, -0.05) is 18.2 Å². The van der Waals surface area contributed by atoms with Crippen molar-refractivity contribution in [1.29, 1.82) is 0 Å². The average molecular weight is 331 g/mol. The van der Waals surface area contributed by atoms with Crippen molar-refractivity contribution in [2.45, 2.75) is 31.8 Å². The summed E-state index contributed by atoms with van der Waals surface area (Å²) in [4.78, 5) is 29.6. The normalized spacial score (nSPS) is 15.5. The van der Waals surface area contributed by atoms with Gasteiger partial charge in [0.05, 0.1) is 18.2 Å². The number of aliphatic hydroxyl groups is 3. The molecule has 126 valence electrons. The molecule has 2 aliphatic heterocycles. The van der Waals surface area contributed by atoms with Gasteiger partial charge in [0.25, 0.3) is 5.56 Å². The summed E-state index contributed by atoms with van der Waals surface area (Å²) in [6.07, 6.45) is -3.81. The highest BCUT2D eigenvalue weighted by Gasteiger charge is 2.24. The van der Waals surface area contributed by atoms with Gasteiger partial charge in [0.2, 0.25) is 0 Å². The predicted molar refractivity (Wildman–Crippen MR) is 86.9 cm³/mol. The van der Waals surface area contributed by atoms with Crippen molar-refractivity contribution >= 4 is 10.9 Å². The van der Waals surface area contributed by atoms with Crippen molar-refractivity contribution < 1.29 is 15.3 Å². The highest BCUT2D eigenvalue weighted by molar-refractivity contribution is 5.85. The molecule has 0 aromatic heterocycles. The van der Waals surface area contributed by atoms with E-state index in [1.54, 1.807) is 30.3 Å². The fraction of sp³-hybridized carbons (Fsp3) is 0.312. The Morgan fingerprint density at radius 3 is 2.62 bits per heavy atom. The number of para-hydroxylation sites is 1. The molecule has 0 unspecified atom stereocenters. The van der Waals surface area contributed by atoms with Crippen LogP contribution in [0.5, 0.6) is 0 Å². The first-order valence-corrected chi connectivity index (χ1v) is 7.45. The number of hydrogen-bond acceptors (Lipinski definition) is 6. The van der Waals surface area contributed by atoms with E-state index in [2.05, 4.69) is 9.97 Å². The molecule has 8 nitrogen and oxygen atoms in total. The van der Waals surface area contributed by atoms with E-state index in [0.29, 0.717) is 5.52 Å². The lowest BCUT2D eigenvalue weighted by Crippen LogP contribution is -2.39. The van der Waals surface area contributed by atoms with Gasteiger partial charge in [0.1, 0.15) is 12.2 Å². The van der Waals surface area contributed by atoms with Crippen LogP contribution >= 0.6 is 0 Å². The van der Waals surface area contributed by atoms with Crippen LogP contribution in [-0.4, -0.2) is 48.2 Å². The molecule has 1 aromatic rings. The van der Waals surface area contributed by atoms with Gasteiger partial charge in [-0.2, -0.15) is 4.98 Å². The minimum absolute atomic E-state index is 0.110. The minimum Gasteiger partial charge on any atom is -0.391 e. The summed E-state index contributed by atoms with van der Waals surface area (Å²) in [5.74, 6) is 0.110. The highest BCUT2D eigenvalue weighted by atomic mass is 16.4.